The van der Waals surface area contributed by atoms with Crippen molar-refractivity contribution in [3.05, 3.63) is 80.6 Å². The number of H-pyrrole nitrogens is 1. The summed E-state index contributed by atoms with van der Waals surface area (Å²) in [5, 5.41) is 1.55. The second-order valence-corrected chi connectivity index (χ2v) is 7.74. The number of nitrogens with one attached hydrogen (secondary N) is 1. The van der Waals surface area contributed by atoms with Crippen LogP contribution in [0.15, 0.2) is 53.3 Å². The van der Waals surface area contributed by atoms with Crippen molar-refractivity contribution in [1.29, 1.82) is 0 Å². The lowest BCUT2D eigenvalue weighted by atomic mass is 10.1. The molecule has 1 aromatic heterocycles. The standard InChI is InChI=1S/C22H23ClN2O2/c1-14(2)12-25(22(27)16-5-7-19(23)8-6-16)13-18-11-17-10-15(3)4-9-20(17)24-21(18)26/h4-11,14H,12-13H2,1-3H3,(H,24,26). The number of benzene rings is 2. The van der Waals surface area contributed by atoms with Gasteiger partial charge in [0.05, 0.1) is 6.54 Å². The number of carbonyl (C=O) groups excluding carboxylic acids is 1. The first-order chi connectivity index (χ1) is 12.8. The molecule has 0 atom stereocenters. The average molecular weight is 383 g/mol. The summed E-state index contributed by atoms with van der Waals surface area (Å²) in [4.78, 5) is 30.2. The molecule has 2 aromatic carbocycles. The molecule has 1 N–H and O–H groups in total. The lowest BCUT2D eigenvalue weighted by Gasteiger charge is -2.24. The lowest BCUT2D eigenvalue weighted by Crippen LogP contribution is -2.35. The molecule has 0 bridgehead atoms. The SMILES string of the molecule is Cc1ccc2[nH]c(=O)c(CN(CC(C)C)C(=O)c3ccc(Cl)cc3)cc2c1. The van der Waals surface area contributed by atoms with Crippen LogP contribution in [0.4, 0.5) is 0 Å². The molecule has 3 aromatic rings. The third-order valence-electron chi connectivity index (χ3n) is 4.40. The highest BCUT2D eigenvalue weighted by Crippen LogP contribution is 2.17. The Balaban J connectivity index is 1.95. The maximum absolute atomic E-state index is 13.0. The Morgan fingerprint density at radius 2 is 1.81 bits per heavy atom. The van der Waals surface area contributed by atoms with E-state index >= 15 is 0 Å². The molecule has 0 radical (unpaired) electrons. The van der Waals surface area contributed by atoms with Crippen molar-refractivity contribution in [2.45, 2.75) is 27.3 Å². The smallest absolute Gasteiger partial charge is 0.254 e. The number of hydrogen-bond acceptors (Lipinski definition) is 2. The molecule has 0 aliphatic heterocycles. The van der Waals surface area contributed by atoms with Crippen LogP contribution in [0.2, 0.25) is 5.02 Å². The second kappa shape index (κ2) is 7.97. The van der Waals surface area contributed by atoms with Crippen LogP contribution < -0.4 is 5.56 Å². The number of hydrogen-bond donors (Lipinski definition) is 1. The first-order valence-electron chi connectivity index (χ1n) is 9.01. The highest BCUT2D eigenvalue weighted by atomic mass is 35.5. The van der Waals surface area contributed by atoms with Gasteiger partial charge in [-0.05, 0) is 60.7 Å². The van der Waals surface area contributed by atoms with Gasteiger partial charge in [0.15, 0.2) is 0 Å². The first-order valence-corrected chi connectivity index (χ1v) is 9.38. The first kappa shape index (κ1) is 19.2. The van der Waals surface area contributed by atoms with Gasteiger partial charge in [0.2, 0.25) is 0 Å². The minimum atomic E-state index is -0.163. The van der Waals surface area contributed by atoms with Crippen molar-refractivity contribution in [1.82, 2.24) is 9.88 Å². The fourth-order valence-electron chi connectivity index (χ4n) is 3.13. The number of halogens is 1. The molecule has 0 aliphatic rings. The van der Waals surface area contributed by atoms with Gasteiger partial charge in [0, 0.05) is 28.2 Å². The highest BCUT2D eigenvalue weighted by molar-refractivity contribution is 6.30. The van der Waals surface area contributed by atoms with Crippen LogP contribution in [0.1, 0.15) is 35.3 Å². The molecule has 0 unspecified atom stereocenters. The summed E-state index contributed by atoms with van der Waals surface area (Å²) in [6.07, 6.45) is 0. The molecular formula is C22H23ClN2O2. The van der Waals surface area contributed by atoms with E-state index in [1.165, 1.54) is 0 Å². The number of fused-ring (bicyclic) bond motifs is 1. The molecule has 0 saturated carbocycles. The van der Waals surface area contributed by atoms with E-state index < -0.39 is 0 Å². The minimum absolute atomic E-state index is 0.107. The molecule has 1 heterocycles. The van der Waals surface area contributed by atoms with Crippen molar-refractivity contribution >= 4 is 28.4 Å². The zero-order valence-corrected chi connectivity index (χ0v) is 16.5. The predicted molar refractivity (Wildman–Crippen MR) is 110 cm³/mol. The molecule has 1 amide bonds. The maximum Gasteiger partial charge on any atom is 0.254 e. The van der Waals surface area contributed by atoms with Gasteiger partial charge in [-0.2, -0.15) is 0 Å². The number of aromatic amines is 1. The third kappa shape index (κ3) is 4.58. The van der Waals surface area contributed by atoms with E-state index in [1.54, 1.807) is 29.2 Å². The monoisotopic (exact) mass is 382 g/mol. The predicted octanol–water partition coefficient (Wildman–Crippen LogP) is 4.79. The van der Waals surface area contributed by atoms with Gasteiger partial charge in [-0.1, -0.05) is 37.1 Å². The van der Waals surface area contributed by atoms with Gasteiger partial charge in [-0.15, -0.1) is 0 Å². The van der Waals surface area contributed by atoms with Gasteiger partial charge < -0.3 is 9.88 Å². The van der Waals surface area contributed by atoms with Gasteiger partial charge in [-0.3, -0.25) is 9.59 Å². The minimum Gasteiger partial charge on any atom is -0.334 e. The molecule has 27 heavy (non-hydrogen) atoms. The zero-order valence-electron chi connectivity index (χ0n) is 15.8. The number of aromatic nitrogens is 1. The molecule has 0 fully saturated rings. The molecular weight excluding hydrogens is 360 g/mol. The maximum atomic E-state index is 13.0. The van der Waals surface area contributed by atoms with E-state index in [0.717, 1.165) is 16.5 Å². The van der Waals surface area contributed by atoms with Crippen molar-refractivity contribution < 1.29 is 4.79 Å². The number of pyridine rings is 1. The van der Waals surface area contributed by atoms with Crippen LogP contribution in [0.25, 0.3) is 10.9 Å². The Labute approximate surface area is 163 Å². The van der Waals surface area contributed by atoms with Crippen molar-refractivity contribution in [2.75, 3.05) is 6.54 Å². The van der Waals surface area contributed by atoms with E-state index in [1.807, 2.05) is 31.2 Å². The Hall–Kier alpha value is -2.59. The fraction of sp³-hybridized carbons (Fsp3) is 0.273. The van der Waals surface area contributed by atoms with E-state index in [2.05, 4.69) is 18.8 Å². The number of rotatable bonds is 5. The topological polar surface area (TPSA) is 53.2 Å². The van der Waals surface area contributed by atoms with Crippen molar-refractivity contribution in [2.24, 2.45) is 5.92 Å². The van der Waals surface area contributed by atoms with Crippen LogP contribution in [0.5, 0.6) is 0 Å². The summed E-state index contributed by atoms with van der Waals surface area (Å²) in [6, 6.07) is 14.6. The highest BCUT2D eigenvalue weighted by Gasteiger charge is 2.19. The number of aryl methyl sites for hydroxylation is 1. The Bertz CT molecular complexity index is 1020. The number of amides is 1. The number of nitrogens with zero attached hydrogens (tertiary/aromatic N) is 1. The molecule has 3 rings (SSSR count). The molecule has 0 aliphatic carbocycles. The quantitative estimate of drug-likeness (QED) is 0.689. The molecule has 5 heteroatoms. The summed E-state index contributed by atoms with van der Waals surface area (Å²) in [6.45, 7) is 6.94. The molecule has 4 nitrogen and oxygen atoms in total. The molecule has 140 valence electrons. The summed E-state index contributed by atoms with van der Waals surface area (Å²) >= 11 is 5.93. The third-order valence-corrected chi connectivity index (χ3v) is 4.65. The van der Waals surface area contributed by atoms with Gasteiger partial charge in [0.25, 0.3) is 11.5 Å². The van der Waals surface area contributed by atoms with Crippen LogP contribution in [-0.2, 0) is 6.54 Å². The van der Waals surface area contributed by atoms with Gasteiger partial charge in [-0.25, -0.2) is 0 Å². The van der Waals surface area contributed by atoms with E-state index in [4.69, 9.17) is 11.6 Å². The summed E-state index contributed by atoms with van der Waals surface area (Å²) in [7, 11) is 0. The van der Waals surface area contributed by atoms with E-state index in [0.29, 0.717) is 22.7 Å². The van der Waals surface area contributed by atoms with Crippen LogP contribution in [-0.4, -0.2) is 22.3 Å². The zero-order chi connectivity index (χ0) is 19.6. The van der Waals surface area contributed by atoms with Gasteiger partial charge >= 0.3 is 0 Å². The Morgan fingerprint density at radius 3 is 2.48 bits per heavy atom. The Kier molecular flexibility index (Phi) is 5.66. The van der Waals surface area contributed by atoms with Crippen LogP contribution >= 0.6 is 11.6 Å². The normalized spacial score (nSPS) is 11.1. The largest absolute Gasteiger partial charge is 0.334 e. The molecule has 0 spiro atoms. The van der Waals surface area contributed by atoms with E-state index in [9.17, 15) is 9.59 Å². The van der Waals surface area contributed by atoms with E-state index in [-0.39, 0.29) is 23.9 Å². The fourth-order valence-corrected chi connectivity index (χ4v) is 3.26. The number of carbonyl (C=O) groups is 1. The second-order valence-electron chi connectivity index (χ2n) is 7.30. The summed E-state index contributed by atoms with van der Waals surface area (Å²) in [5.74, 6) is 0.173. The van der Waals surface area contributed by atoms with Gasteiger partial charge in [0.1, 0.15) is 0 Å². The van der Waals surface area contributed by atoms with Crippen molar-refractivity contribution in [3.8, 4) is 0 Å². The van der Waals surface area contributed by atoms with Crippen molar-refractivity contribution in [3.63, 3.8) is 0 Å². The Morgan fingerprint density at radius 1 is 1.11 bits per heavy atom. The summed E-state index contributed by atoms with van der Waals surface area (Å²) in [5.41, 5.74) is 2.90. The average Bonchev–Trinajstić information content (AvgIpc) is 2.61. The van der Waals surface area contributed by atoms with Crippen LogP contribution in [0.3, 0.4) is 0 Å². The molecule has 0 saturated heterocycles. The summed E-state index contributed by atoms with van der Waals surface area (Å²) < 4.78 is 0. The van der Waals surface area contributed by atoms with Crippen LogP contribution in [0, 0.1) is 12.8 Å². The lowest BCUT2D eigenvalue weighted by molar-refractivity contribution is 0.0722.